The van der Waals surface area contributed by atoms with Crippen LogP contribution >= 0.6 is 0 Å². The smallest absolute Gasteiger partial charge is 0.232 e. The van der Waals surface area contributed by atoms with Crippen molar-refractivity contribution in [1.82, 2.24) is 20.2 Å². The highest BCUT2D eigenvalue weighted by atomic mass is 16.5. The van der Waals surface area contributed by atoms with Crippen molar-refractivity contribution in [2.45, 2.75) is 25.5 Å². The number of piperidine rings is 1. The predicted octanol–water partition coefficient (Wildman–Crippen LogP) is 0.669. The Labute approximate surface area is 102 Å². The summed E-state index contributed by atoms with van der Waals surface area (Å²) in [6.45, 7) is 2.92. The van der Waals surface area contributed by atoms with E-state index < -0.39 is 0 Å². The van der Waals surface area contributed by atoms with Crippen molar-refractivity contribution in [2.75, 3.05) is 27.2 Å². The predicted molar refractivity (Wildman–Crippen MR) is 65.9 cm³/mol. The molecule has 1 aliphatic heterocycles. The first kappa shape index (κ1) is 12.3. The minimum atomic E-state index is 0.288. The maximum atomic E-state index is 5.82. The number of hydrogen-bond donors (Lipinski definition) is 1. The van der Waals surface area contributed by atoms with Crippen molar-refractivity contribution in [3.8, 4) is 5.88 Å². The van der Waals surface area contributed by atoms with Crippen molar-refractivity contribution in [2.24, 2.45) is 0 Å². The van der Waals surface area contributed by atoms with E-state index >= 15 is 0 Å². The van der Waals surface area contributed by atoms with Crippen molar-refractivity contribution in [1.29, 1.82) is 0 Å². The summed E-state index contributed by atoms with van der Waals surface area (Å²) in [5.41, 5.74) is 0.934. The Kier molecular flexibility index (Phi) is 4.28. The second-order valence-electron chi connectivity index (χ2n) is 4.50. The van der Waals surface area contributed by atoms with E-state index in [1.54, 1.807) is 12.4 Å². The zero-order valence-corrected chi connectivity index (χ0v) is 10.5. The van der Waals surface area contributed by atoms with Gasteiger partial charge < -0.3 is 15.0 Å². The van der Waals surface area contributed by atoms with Gasteiger partial charge in [-0.05, 0) is 26.9 Å². The highest BCUT2D eigenvalue weighted by Gasteiger charge is 2.18. The fourth-order valence-corrected chi connectivity index (χ4v) is 1.95. The zero-order valence-electron chi connectivity index (χ0n) is 10.5. The molecule has 0 spiro atoms. The van der Waals surface area contributed by atoms with Crippen LogP contribution in [0.5, 0.6) is 5.88 Å². The van der Waals surface area contributed by atoms with Crippen LogP contribution in [0.15, 0.2) is 12.4 Å². The van der Waals surface area contributed by atoms with Gasteiger partial charge in [-0.25, -0.2) is 4.98 Å². The fraction of sp³-hybridized carbons (Fsp3) is 0.667. The summed E-state index contributed by atoms with van der Waals surface area (Å²) in [5, 5.41) is 3.04. The Bertz CT molecular complexity index is 333. The number of ether oxygens (including phenoxy) is 1. The number of likely N-dealkylation sites (tertiary alicyclic amines) is 1. The molecule has 0 saturated carbocycles. The molecule has 1 saturated heterocycles. The molecule has 2 rings (SSSR count). The molecule has 1 fully saturated rings. The molecule has 0 amide bonds. The van der Waals surface area contributed by atoms with Crippen LogP contribution in [0.1, 0.15) is 18.5 Å². The molecule has 5 heteroatoms. The quantitative estimate of drug-likeness (QED) is 0.832. The summed E-state index contributed by atoms with van der Waals surface area (Å²) in [5.74, 6) is 0.638. The molecule has 0 unspecified atom stereocenters. The molecule has 1 aliphatic rings. The average Bonchev–Trinajstić information content (AvgIpc) is 2.35. The Hall–Kier alpha value is -1.20. The van der Waals surface area contributed by atoms with Gasteiger partial charge in [0.2, 0.25) is 5.88 Å². The van der Waals surface area contributed by atoms with Crippen LogP contribution in [-0.2, 0) is 6.54 Å². The molecule has 1 aromatic heterocycles. The Morgan fingerprint density at radius 2 is 2.12 bits per heavy atom. The maximum Gasteiger partial charge on any atom is 0.232 e. The van der Waals surface area contributed by atoms with E-state index in [0.717, 1.165) is 38.2 Å². The zero-order chi connectivity index (χ0) is 12.1. The van der Waals surface area contributed by atoms with Gasteiger partial charge in [0.25, 0.3) is 0 Å². The van der Waals surface area contributed by atoms with Crippen LogP contribution in [0.2, 0.25) is 0 Å². The summed E-state index contributed by atoms with van der Waals surface area (Å²) >= 11 is 0. The van der Waals surface area contributed by atoms with Crippen molar-refractivity contribution >= 4 is 0 Å². The topological polar surface area (TPSA) is 50.3 Å². The molecule has 0 bridgehead atoms. The fourth-order valence-electron chi connectivity index (χ4n) is 1.95. The molecule has 0 radical (unpaired) electrons. The lowest BCUT2D eigenvalue weighted by Gasteiger charge is -2.28. The first-order chi connectivity index (χ1) is 8.28. The number of aromatic nitrogens is 2. The van der Waals surface area contributed by atoms with Crippen molar-refractivity contribution < 1.29 is 4.74 Å². The molecule has 5 nitrogen and oxygen atoms in total. The summed E-state index contributed by atoms with van der Waals surface area (Å²) in [6.07, 6.45) is 5.90. The Balaban J connectivity index is 1.86. The van der Waals surface area contributed by atoms with E-state index in [2.05, 4.69) is 27.2 Å². The molecule has 1 aromatic rings. The first-order valence-electron chi connectivity index (χ1n) is 6.08. The largest absolute Gasteiger partial charge is 0.473 e. The molecule has 17 heavy (non-hydrogen) atoms. The van der Waals surface area contributed by atoms with Crippen LogP contribution in [0.4, 0.5) is 0 Å². The van der Waals surface area contributed by atoms with Gasteiger partial charge in [0.05, 0.1) is 18.1 Å². The average molecular weight is 236 g/mol. The van der Waals surface area contributed by atoms with E-state index in [4.69, 9.17) is 4.74 Å². The van der Waals surface area contributed by atoms with E-state index in [1.807, 2.05) is 7.05 Å². The van der Waals surface area contributed by atoms with Crippen LogP contribution < -0.4 is 10.1 Å². The van der Waals surface area contributed by atoms with Gasteiger partial charge in [0.15, 0.2) is 0 Å². The van der Waals surface area contributed by atoms with Gasteiger partial charge in [-0.3, -0.25) is 4.98 Å². The van der Waals surface area contributed by atoms with Crippen molar-refractivity contribution in [3.05, 3.63) is 18.1 Å². The van der Waals surface area contributed by atoms with E-state index in [0.29, 0.717) is 5.88 Å². The normalized spacial score (nSPS) is 18.2. The van der Waals surface area contributed by atoms with E-state index in [-0.39, 0.29) is 6.10 Å². The molecule has 0 aliphatic carbocycles. The second-order valence-corrected chi connectivity index (χ2v) is 4.50. The Morgan fingerprint density at radius 1 is 1.35 bits per heavy atom. The van der Waals surface area contributed by atoms with Crippen molar-refractivity contribution in [3.63, 3.8) is 0 Å². The minimum Gasteiger partial charge on any atom is -0.473 e. The SMILES string of the molecule is CNCc1cnc(OC2CCN(C)CC2)cn1. The highest BCUT2D eigenvalue weighted by molar-refractivity contribution is 5.07. The third-order valence-electron chi connectivity index (χ3n) is 2.99. The van der Waals surface area contributed by atoms with Gasteiger partial charge in [-0.2, -0.15) is 0 Å². The molecule has 0 atom stereocenters. The molecular formula is C12H20N4O. The van der Waals surface area contributed by atoms with E-state index in [9.17, 15) is 0 Å². The molecule has 0 aromatic carbocycles. The minimum absolute atomic E-state index is 0.288. The lowest BCUT2D eigenvalue weighted by atomic mass is 10.1. The van der Waals surface area contributed by atoms with Crippen LogP contribution in [0.25, 0.3) is 0 Å². The third kappa shape index (κ3) is 3.64. The van der Waals surface area contributed by atoms with E-state index in [1.165, 1.54) is 0 Å². The maximum absolute atomic E-state index is 5.82. The summed E-state index contributed by atoms with van der Waals surface area (Å²) in [7, 11) is 4.03. The lowest BCUT2D eigenvalue weighted by Crippen LogP contribution is -2.35. The molecule has 1 N–H and O–H groups in total. The summed E-state index contributed by atoms with van der Waals surface area (Å²) < 4.78 is 5.82. The number of hydrogen-bond acceptors (Lipinski definition) is 5. The standard InChI is InChI=1S/C12H20N4O/c1-13-7-10-8-15-12(9-14-10)17-11-3-5-16(2)6-4-11/h8-9,11,13H,3-7H2,1-2H3. The number of nitrogens with zero attached hydrogens (tertiary/aromatic N) is 3. The van der Waals surface area contributed by atoms with Crippen LogP contribution in [-0.4, -0.2) is 48.2 Å². The van der Waals surface area contributed by atoms with Gasteiger partial charge in [0, 0.05) is 19.6 Å². The first-order valence-corrected chi connectivity index (χ1v) is 6.08. The third-order valence-corrected chi connectivity index (χ3v) is 2.99. The molecule has 94 valence electrons. The molecule has 2 heterocycles. The van der Waals surface area contributed by atoms with Crippen LogP contribution in [0, 0.1) is 0 Å². The monoisotopic (exact) mass is 236 g/mol. The Morgan fingerprint density at radius 3 is 2.71 bits per heavy atom. The van der Waals surface area contributed by atoms with Gasteiger partial charge in [0.1, 0.15) is 6.10 Å². The van der Waals surface area contributed by atoms with Gasteiger partial charge in [-0.1, -0.05) is 0 Å². The van der Waals surface area contributed by atoms with Gasteiger partial charge in [-0.15, -0.1) is 0 Å². The van der Waals surface area contributed by atoms with Crippen LogP contribution in [0.3, 0.4) is 0 Å². The van der Waals surface area contributed by atoms with Gasteiger partial charge >= 0.3 is 0 Å². The molecular weight excluding hydrogens is 216 g/mol. The summed E-state index contributed by atoms with van der Waals surface area (Å²) in [6, 6.07) is 0. The number of rotatable bonds is 4. The lowest BCUT2D eigenvalue weighted by molar-refractivity contribution is 0.109. The summed E-state index contributed by atoms with van der Waals surface area (Å²) in [4.78, 5) is 10.9. The highest BCUT2D eigenvalue weighted by Crippen LogP contribution is 2.15. The number of nitrogens with one attached hydrogen (secondary N) is 1. The second kappa shape index (κ2) is 5.93.